The van der Waals surface area contributed by atoms with Gasteiger partial charge in [0.2, 0.25) is 6.71 Å². The van der Waals surface area contributed by atoms with Gasteiger partial charge in [-0.25, -0.2) is 0 Å². The minimum atomic E-state index is -0.184. The fraction of sp³-hybridized carbons (Fsp3) is 0.231. The van der Waals surface area contributed by atoms with Crippen molar-refractivity contribution in [1.29, 1.82) is 0 Å². The number of fused-ring (bicyclic) bond motifs is 5. The van der Waals surface area contributed by atoms with Gasteiger partial charge in [0, 0.05) is 56.2 Å². The molecule has 0 fully saturated rings. The van der Waals surface area contributed by atoms with Crippen molar-refractivity contribution in [3.63, 3.8) is 0 Å². The van der Waals surface area contributed by atoms with E-state index in [0.717, 1.165) is 96.1 Å². The number of furan rings is 1. The van der Waals surface area contributed by atoms with Crippen molar-refractivity contribution in [2.45, 2.75) is 121 Å². The molecule has 4 nitrogen and oxygen atoms in total. The lowest BCUT2D eigenvalue weighted by atomic mass is 9.34. The summed E-state index contributed by atoms with van der Waals surface area (Å²) in [5.74, 6) is 0. The second-order valence-corrected chi connectivity index (χ2v) is 22.1. The third-order valence-electron chi connectivity index (χ3n) is 15.3. The Balaban J connectivity index is 0.00000136. The summed E-state index contributed by atoms with van der Waals surface area (Å²) in [5, 5.41) is 6.27. The summed E-state index contributed by atoms with van der Waals surface area (Å²) in [7, 11) is 0. The number of benzene rings is 8. The largest absolute Gasteiger partial charge is 0.456 e. The highest BCUT2D eigenvalue weighted by atomic mass is 16.3. The third kappa shape index (κ3) is 13.5. The minimum absolute atomic E-state index is 0.0744. The highest BCUT2D eigenvalue weighted by molar-refractivity contribution is 6.99. The Morgan fingerprint density at radius 1 is 0.614 bits per heavy atom. The van der Waals surface area contributed by atoms with Crippen LogP contribution in [0.4, 0.5) is 39.8 Å². The highest BCUT2D eigenvalue weighted by Crippen LogP contribution is 2.45. The lowest BCUT2D eigenvalue weighted by molar-refractivity contribution is 0.506. The zero-order chi connectivity index (χ0) is 59.8. The molecule has 0 amide bonds. The summed E-state index contributed by atoms with van der Waals surface area (Å²) < 4.78 is 6.25. The van der Waals surface area contributed by atoms with Gasteiger partial charge in [0.05, 0.1) is 5.70 Å². The molecule has 5 heteroatoms. The maximum Gasteiger partial charge on any atom is 0.249 e. The first-order valence-corrected chi connectivity index (χ1v) is 30.1. The molecule has 2 heterocycles. The molecular weight excluding hydrogens is 1010 g/mol. The molecule has 0 spiro atoms. The molecule has 424 valence electrons. The lowest BCUT2D eigenvalue weighted by Crippen LogP contribution is -2.58. The van der Waals surface area contributed by atoms with Crippen molar-refractivity contribution in [3.05, 3.63) is 266 Å². The Morgan fingerprint density at radius 2 is 1.24 bits per heavy atom. The molecule has 1 aliphatic heterocycles. The van der Waals surface area contributed by atoms with Gasteiger partial charge in [-0.2, -0.15) is 0 Å². The number of rotatable bonds is 15. The van der Waals surface area contributed by atoms with Crippen LogP contribution in [0.15, 0.2) is 259 Å². The topological polar surface area (TPSA) is 31.6 Å². The summed E-state index contributed by atoms with van der Waals surface area (Å²) in [6.45, 7) is 38.6. The Morgan fingerprint density at radius 3 is 1.86 bits per heavy atom. The van der Waals surface area contributed by atoms with Crippen LogP contribution in [0.3, 0.4) is 0 Å². The summed E-state index contributed by atoms with van der Waals surface area (Å²) in [6.07, 6.45) is 16.6. The van der Waals surface area contributed by atoms with Crippen LogP contribution in [0.5, 0.6) is 0 Å². The van der Waals surface area contributed by atoms with Crippen LogP contribution in [0.1, 0.15) is 121 Å². The minimum Gasteiger partial charge on any atom is -0.456 e. The Hall–Kier alpha value is -8.54. The van der Waals surface area contributed by atoms with E-state index in [1.165, 1.54) is 33.9 Å². The molecule has 0 saturated carbocycles. The number of hydrogen-bond donors (Lipinski definition) is 1. The van der Waals surface area contributed by atoms with Gasteiger partial charge in [-0.1, -0.05) is 248 Å². The van der Waals surface area contributed by atoms with Crippen molar-refractivity contribution >= 4 is 84.9 Å². The molecule has 0 saturated heterocycles. The van der Waals surface area contributed by atoms with Gasteiger partial charge in [0.15, 0.2) is 0 Å². The van der Waals surface area contributed by atoms with Gasteiger partial charge in [-0.15, -0.1) is 0 Å². The quantitative estimate of drug-likeness (QED) is 0.0819. The maximum atomic E-state index is 6.25. The van der Waals surface area contributed by atoms with Crippen molar-refractivity contribution in [2.24, 2.45) is 0 Å². The Labute approximate surface area is 499 Å². The second kappa shape index (κ2) is 28.4. The van der Waals surface area contributed by atoms with Gasteiger partial charge >= 0.3 is 0 Å². The van der Waals surface area contributed by atoms with E-state index in [9.17, 15) is 0 Å². The molecule has 0 unspecified atom stereocenters. The Bertz CT molecular complexity index is 3740. The van der Waals surface area contributed by atoms with Crippen LogP contribution in [-0.2, 0) is 10.8 Å². The predicted molar refractivity (Wildman–Crippen MR) is 369 cm³/mol. The fourth-order valence-corrected chi connectivity index (χ4v) is 10.7. The molecule has 0 atom stereocenters. The van der Waals surface area contributed by atoms with E-state index in [0.29, 0.717) is 0 Å². The molecule has 0 aliphatic carbocycles. The van der Waals surface area contributed by atoms with Crippen molar-refractivity contribution in [2.75, 3.05) is 15.1 Å². The number of allylic oxidation sites excluding steroid dienone is 8. The first-order valence-electron chi connectivity index (χ1n) is 30.1. The molecule has 1 aliphatic rings. The summed E-state index contributed by atoms with van der Waals surface area (Å²) in [6, 6.07) is 66.6. The van der Waals surface area contributed by atoms with Crippen molar-refractivity contribution in [1.82, 2.24) is 0 Å². The zero-order valence-electron chi connectivity index (χ0n) is 52.1. The van der Waals surface area contributed by atoms with Gasteiger partial charge in [0.25, 0.3) is 0 Å². The van der Waals surface area contributed by atoms with Crippen LogP contribution in [0, 0.1) is 0 Å². The van der Waals surface area contributed by atoms with Gasteiger partial charge < -0.3 is 19.5 Å². The molecule has 83 heavy (non-hydrogen) atoms. The number of anilines is 7. The molecule has 1 N–H and O–H groups in total. The molecule has 8 aromatic carbocycles. The molecule has 1 aromatic heterocycles. The number of hydrogen-bond acceptors (Lipinski definition) is 4. The number of para-hydroxylation sites is 2. The highest BCUT2D eigenvalue weighted by Gasteiger charge is 2.39. The normalized spacial score (nSPS) is 12.5. The first kappa shape index (κ1) is 62.1. The zero-order valence-corrected chi connectivity index (χ0v) is 52.1. The standard InChI is InChI=1S/C71H68BN3O.C3H8.2C2H6/c1-11-16-26-49(13-3)59(14-4)64(25-12-2)74(56-29-21-18-22-30-56)58-42-43-62-65(48-58)75(57-40-33-50(34-41-57)51-35-44-68-61(45-51)60-31-23-24-32-67(60)76-68)66-47-53(70(6,7)8)46-63(69(66)72(62)54-27-19-17-20-28-54)73-55-38-36-52(37-39-55)71(9,10)15-5;1-3-2;2*1-2/h11-14,16-48,73H,2-3,15H2,1,4-10H3;3H2,1-2H3;2*1-2H3/b16-11-,49-26+,59-14-,64-25+;;;. The number of nitrogens with one attached hydrogen (secondary N) is 1. The molecule has 10 rings (SSSR count). The van der Waals surface area contributed by atoms with E-state index >= 15 is 0 Å². The fourth-order valence-electron chi connectivity index (χ4n) is 10.7. The molecule has 9 aromatic rings. The molecule has 0 radical (unpaired) electrons. The van der Waals surface area contributed by atoms with Gasteiger partial charge in [-0.3, -0.25) is 0 Å². The SMILES string of the molecule is C=C\C=C(C(=C\C)/C(C=C)=C/C=C\C)\N(c1ccccc1)c1ccc2c(c1)N(c1ccc(-c3ccc4oc5ccccc5c4c3)cc1)c1cc(C(C)(C)C)cc(Nc3ccc(C(C)(C)CC)cc3)c1B2c1ccccc1.CC.CC.CCC. The van der Waals surface area contributed by atoms with Crippen LogP contribution in [-0.4, -0.2) is 6.71 Å². The van der Waals surface area contributed by atoms with E-state index in [2.05, 4.69) is 285 Å². The van der Waals surface area contributed by atoms with Crippen molar-refractivity contribution < 1.29 is 4.42 Å². The van der Waals surface area contributed by atoms with E-state index in [4.69, 9.17) is 4.42 Å². The van der Waals surface area contributed by atoms with Crippen LogP contribution >= 0.6 is 0 Å². The molecule has 0 bridgehead atoms. The smallest absolute Gasteiger partial charge is 0.249 e. The van der Waals surface area contributed by atoms with Crippen LogP contribution in [0.25, 0.3) is 33.1 Å². The maximum absolute atomic E-state index is 6.25. The lowest BCUT2D eigenvalue weighted by Gasteiger charge is -2.40. The average molecular weight is 1090 g/mol. The monoisotopic (exact) mass is 1090 g/mol. The van der Waals surface area contributed by atoms with Gasteiger partial charge in [-0.05, 0) is 155 Å². The summed E-state index contributed by atoms with van der Waals surface area (Å²) >= 11 is 0. The third-order valence-corrected chi connectivity index (χ3v) is 15.3. The first-order chi connectivity index (χ1) is 40.3. The van der Waals surface area contributed by atoms with E-state index in [1.807, 2.05) is 65.0 Å². The van der Waals surface area contributed by atoms with E-state index in [1.54, 1.807) is 0 Å². The predicted octanol–water partition coefficient (Wildman–Crippen LogP) is 21.6. The van der Waals surface area contributed by atoms with E-state index in [-0.39, 0.29) is 17.5 Å². The number of nitrogens with zero attached hydrogens (tertiary/aromatic N) is 2. The average Bonchev–Trinajstić information content (AvgIpc) is 2.02. The summed E-state index contributed by atoms with van der Waals surface area (Å²) in [5.41, 5.74) is 20.6. The van der Waals surface area contributed by atoms with Crippen LogP contribution in [0.2, 0.25) is 0 Å². The second-order valence-electron chi connectivity index (χ2n) is 22.1. The van der Waals surface area contributed by atoms with Crippen molar-refractivity contribution in [3.8, 4) is 11.1 Å². The van der Waals surface area contributed by atoms with Gasteiger partial charge in [0.1, 0.15) is 11.2 Å². The van der Waals surface area contributed by atoms with E-state index < -0.39 is 0 Å². The Kier molecular flexibility index (Phi) is 21.3. The molecular formula is C78H88BN3O. The van der Waals surface area contributed by atoms with Crippen LogP contribution < -0.4 is 31.5 Å². The summed E-state index contributed by atoms with van der Waals surface area (Å²) in [4.78, 5) is 4.87.